The number of piperazine rings is 1. The summed E-state index contributed by atoms with van der Waals surface area (Å²) in [5, 5.41) is 0. The fourth-order valence-corrected chi connectivity index (χ4v) is 4.83. The summed E-state index contributed by atoms with van der Waals surface area (Å²) in [6.45, 7) is 7.78. The SMILES string of the molecule is CC(C)C[C@@H]1[C@H](C(=O)N(C)CCN(C)C)C[C@@H]2CN(Cc3ccccn3)CC(=O)N21. The minimum atomic E-state index is -0.108. The molecule has 0 unspecified atom stereocenters. The number of rotatable bonds is 8. The van der Waals surface area contributed by atoms with Crippen LogP contribution in [0.3, 0.4) is 0 Å². The molecule has 30 heavy (non-hydrogen) atoms. The summed E-state index contributed by atoms with van der Waals surface area (Å²) in [5.74, 6) is 0.666. The van der Waals surface area contributed by atoms with E-state index in [-0.39, 0.29) is 29.8 Å². The highest BCUT2D eigenvalue weighted by Crippen LogP contribution is 2.37. The number of hydrogen-bond donors (Lipinski definition) is 0. The lowest BCUT2D eigenvalue weighted by Crippen LogP contribution is -2.56. The standard InChI is InChI=1S/C23H37N5O2/c1-17(2)12-21-20(23(30)26(5)11-10-25(3)4)13-19-15-27(16-22(29)28(19)21)14-18-8-6-7-9-24-18/h6-9,17,19-21H,10-16H2,1-5H3/t19-,20-,21-/m1/s1. The normalized spacial score (nSPS) is 24.6. The molecule has 2 amide bonds. The van der Waals surface area contributed by atoms with Gasteiger partial charge in [-0.15, -0.1) is 0 Å². The first-order chi connectivity index (χ1) is 14.3. The minimum absolute atomic E-state index is 0.00815. The summed E-state index contributed by atoms with van der Waals surface area (Å²) in [4.78, 5) is 39.1. The molecule has 0 N–H and O–H groups in total. The molecule has 0 aliphatic carbocycles. The Kier molecular flexibility index (Phi) is 7.47. The smallest absolute Gasteiger partial charge is 0.237 e. The van der Waals surface area contributed by atoms with E-state index in [0.29, 0.717) is 25.6 Å². The lowest BCUT2D eigenvalue weighted by Gasteiger charge is -2.40. The quantitative estimate of drug-likeness (QED) is 0.645. The van der Waals surface area contributed by atoms with Gasteiger partial charge in [-0.1, -0.05) is 19.9 Å². The van der Waals surface area contributed by atoms with Crippen molar-refractivity contribution in [1.82, 2.24) is 24.6 Å². The molecule has 3 atom stereocenters. The van der Waals surface area contributed by atoms with Gasteiger partial charge in [-0.25, -0.2) is 0 Å². The average molecular weight is 416 g/mol. The predicted molar refractivity (Wildman–Crippen MR) is 118 cm³/mol. The molecule has 0 saturated carbocycles. The molecule has 3 rings (SSSR count). The Morgan fingerprint density at radius 2 is 2.00 bits per heavy atom. The molecule has 1 aromatic heterocycles. The summed E-state index contributed by atoms with van der Waals surface area (Å²) < 4.78 is 0. The van der Waals surface area contributed by atoms with E-state index >= 15 is 0 Å². The molecule has 166 valence electrons. The number of fused-ring (bicyclic) bond motifs is 1. The molecule has 2 saturated heterocycles. The average Bonchev–Trinajstić information content (AvgIpc) is 3.04. The van der Waals surface area contributed by atoms with Crippen LogP contribution in [-0.4, -0.2) is 95.8 Å². The predicted octanol–water partition coefficient (Wildman–Crippen LogP) is 1.55. The van der Waals surface area contributed by atoms with E-state index in [1.54, 1.807) is 6.20 Å². The lowest BCUT2D eigenvalue weighted by molar-refractivity contribution is -0.142. The molecule has 2 aliphatic heterocycles. The second-order valence-electron chi connectivity index (χ2n) is 9.55. The number of nitrogens with zero attached hydrogens (tertiary/aromatic N) is 5. The Balaban J connectivity index is 1.73. The van der Waals surface area contributed by atoms with Crippen LogP contribution < -0.4 is 0 Å². The van der Waals surface area contributed by atoms with Crippen LogP contribution in [0.15, 0.2) is 24.4 Å². The van der Waals surface area contributed by atoms with E-state index in [1.165, 1.54) is 0 Å². The van der Waals surface area contributed by atoms with E-state index < -0.39 is 0 Å². The van der Waals surface area contributed by atoms with Gasteiger partial charge in [0.05, 0.1) is 18.2 Å². The maximum atomic E-state index is 13.3. The van der Waals surface area contributed by atoms with Crippen LogP contribution in [0.1, 0.15) is 32.4 Å². The number of likely N-dealkylation sites (N-methyl/N-ethyl adjacent to an activating group) is 2. The van der Waals surface area contributed by atoms with E-state index in [2.05, 4.69) is 33.5 Å². The molecule has 2 aliphatic rings. The third kappa shape index (κ3) is 5.38. The monoisotopic (exact) mass is 415 g/mol. The number of amides is 2. The fourth-order valence-electron chi connectivity index (χ4n) is 4.83. The first kappa shape index (κ1) is 22.7. The molecule has 1 aromatic rings. The number of aromatic nitrogens is 1. The van der Waals surface area contributed by atoms with Crippen LogP contribution in [0, 0.1) is 11.8 Å². The largest absolute Gasteiger partial charge is 0.344 e. The number of carbonyl (C=O) groups is 2. The lowest BCUT2D eigenvalue weighted by atomic mass is 9.91. The molecular weight excluding hydrogens is 378 g/mol. The van der Waals surface area contributed by atoms with Crippen LogP contribution in [0.5, 0.6) is 0 Å². The maximum absolute atomic E-state index is 13.3. The van der Waals surface area contributed by atoms with Gasteiger partial charge >= 0.3 is 0 Å². The Bertz CT molecular complexity index is 724. The first-order valence-corrected chi connectivity index (χ1v) is 11.1. The highest BCUT2D eigenvalue weighted by Gasteiger charge is 2.49. The van der Waals surface area contributed by atoms with E-state index in [0.717, 1.165) is 31.6 Å². The Hall–Kier alpha value is -1.99. The van der Waals surface area contributed by atoms with Gasteiger partial charge < -0.3 is 14.7 Å². The summed E-state index contributed by atoms with van der Waals surface area (Å²) in [6.07, 6.45) is 3.42. The highest BCUT2D eigenvalue weighted by molar-refractivity contribution is 5.84. The fraction of sp³-hybridized carbons (Fsp3) is 0.696. The van der Waals surface area contributed by atoms with Gasteiger partial charge in [-0.2, -0.15) is 0 Å². The van der Waals surface area contributed by atoms with Crippen LogP contribution >= 0.6 is 0 Å². The molecule has 0 radical (unpaired) electrons. The zero-order valence-electron chi connectivity index (χ0n) is 19.1. The third-order valence-electron chi connectivity index (χ3n) is 6.26. The van der Waals surface area contributed by atoms with Crippen molar-refractivity contribution >= 4 is 11.8 Å². The van der Waals surface area contributed by atoms with Gasteiger partial charge in [-0.05, 0) is 45.0 Å². The Morgan fingerprint density at radius 1 is 1.23 bits per heavy atom. The van der Waals surface area contributed by atoms with E-state index in [4.69, 9.17) is 0 Å². The second-order valence-corrected chi connectivity index (χ2v) is 9.55. The number of pyridine rings is 1. The first-order valence-electron chi connectivity index (χ1n) is 11.1. The van der Waals surface area contributed by atoms with Crippen molar-refractivity contribution < 1.29 is 9.59 Å². The maximum Gasteiger partial charge on any atom is 0.237 e. The van der Waals surface area contributed by atoms with Gasteiger partial charge in [0.15, 0.2) is 0 Å². The van der Waals surface area contributed by atoms with Gasteiger partial charge in [0.2, 0.25) is 11.8 Å². The molecule has 3 heterocycles. The summed E-state index contributed by atoms with van der Waals surface area (Å²) in [6, 6.07) is 6.00. The van der Waals surface area contributed by atoms with Gasteiger partial charge in [0, 0.05) is 51.5 Å². The topological polar surface area (TPSA) is 60.0 Å². The second kappa shape index (κ2) is 9.88. The molecular formula is C23H37N5O2. The van der Waals surface area contributed by atoms with Crippen molar-refractivity contribution in [2.75, 3.05) is 47.3 Å². The zero-order valence-corrected chi connectivity index (χ0v) is 19.1. The zero-order chi connectivity index (χ0) is 21.8. The Labute approximate surface area is 181 Å². The van der Waals surface area contributed by atoms with E-state index in [9.17, 15) is 9.59 Å². The highest BCUT2D eigenvalue weighted by atomic mass is 16.2. The third-order valence-corrected chi connectivity index (χ3v) is 6.26. The van der Waals surface area contributed by atoms with E-state index in [1.807, 2.05) is 44.2 Å². The summed E-state index contributed by atoms with van der Waals surface area (Å²) >= 11 is 0. The Morgan fingerprint density at radius 3 is 2.63 bits per heavy atom. The molecule has 2 fully saturated rings. The van der Waals surface area contributed by atoms with Crippen molar-refractivity contribution in [3.63, 3.8) is 0 Å². The molecule has 0 aromatic carbocycles. The van der Waals surface area contributed by atoms with Crippen molar-refractivity contribution in [1.29, 1.82) is 0 Å². The van der Waals surface area contributed by atoms with Crippen LogP contribution in [0.2, 0.25) is 0 Å². The van der Waals surface area contributed by atoms with Gasteiger partial charge in [0.1, 0.15) is 0 Å². The molecule has 0 bridgehead atoms. The minimum Gasteiger partial charge on any atom is -0.344 e. The van der Waals surface area contributed by atoms with Crippen molar-refractivity contribution in [2.24, 2.45) is 11.8 Å². The van der Waals surface area contributed by atoms with Crippen molar-refractivity contribution in [3.8, 4) is 0 Å². The molecule has 0 spiro atoms. The van der Waals surface area contributed by atoms with Crippen LogP contribution in [0.25, 0.3) is 0 Å². The van der Waals surface area contributed by atoms with Crippen LogP contribution in [-0.2, 0) is 16.1 Å². The van der Waals surface area contributed by atoms with Gasteiger partial charge in [-0.3, -0.25) is 19.5 Å². The van der Waals surface area contributed by atoms with Crippen molar-refractivity contribution in [3.05, 3.63) is 30.1 Å². The molecule has 7 nitrogen and oxygen atoms in total. The summed E-state index contributed by atoms with van der Waals surface area (Å²) in [7, 11) is 5.93. The molecule has 7 heteroatoms. The number of hydrogen-bond acceptors (Lipinski definition) is 5. The van der Waals surface area contributed by atoms with Crippen molar-refractivity contribution in [2.45, 2.75) is 45.3 Å². The summed E-state index contributed by atoms with van der Waals surface area (Å²) in [5.41, 5.74) is 0.978. The van der Waals surface area contributed by atoms with Gasteiger partial charge in [0.25, 0.3) is 0 Å². The number of carbonyl (C=O) groups excluding carboxylic acids is 2. The van der Waals surface area contributed by atoms with Crippen LogP contribution in [0.4, 0.5) is 0 Å².